The van der Waals surface area contributed by atoms with Gasteiger partial charge in [0.15, 0.2) is 0 Å². The Hall–Kier alpha value is -10.3. The van der Waals surface area contributed by atoms with Gasteiger partial charge in [-0.05, 0) is 140 Å². The minimum atomic E-state index is 0.589. The molecule has 0 spiro atoms. The van der Waals surface area contributed by atoms with E-state index in [1.54, 1.807) is 0 Å². The van der Waals surface area contributed by atoms with E-state index in [-0.39, 0.29) is 0 Å². The van der Waals surface area contributed by atoms with E-state index in [2.05, 4.69) is 290 Å². The maximum atomic E-state index is 10.6. The SMILES string of the molecule is N#Cc1ccc(-n2c3ccccc3c3cc(N4c5ccccc5N(c5ccccc5)c5ccccc54)ccc32)c(-n2c3ccccc3c3cc(N4c5ccccc5N(c5ccccc5)c5ccccc54)ccc32)c1. The topological polar surface area (TPSA) is 46.6 Å². The lowest BCUT2D eigenvalue weighted by molar-refractivity contribution is 1.09. The van der Waals surface area contributed by atoms with E-state index in [1.165, 1.54) is 0 Å². The van der Waals surface area contributed by atoms with Crippen molar-refractivity contribution in [3.05, 3.63) is 266 Å². The van der Waals surface area contributed by atoms with Crippen molar-refractivity contribution in [1.82, 2.24) is 9.13 Å². The summed E-state index contributed by atoms with van der Waals surface area (Å²) in [6.07, 6.45) is 0. The number of hydrogen-bond acceptors (Lipinski definition) is 5. The van der Waals surface area contributed by atoms with Crippen LogP contribution in [-0.4, -0.2) is 9.13 Å². The number of aromatic nitrogens is 2. The van der Waals surface area contributed by atoms with Gasteiger partial charge in [-0.2, -0.15) is 5.26 Å². The highest BCUT2D eigenvalue weighted by atomic mass is 15.3. The number of hydrogen-bond donors (Lipinski definition) is 0. The molecule has 0 amide bonds. The third-order valence-corrected chi connectivity index (χ3v) is 14.9. The summed E-state index contributed by atoms with van der Waals surface area (Å²) < 4.78 is 4.74. The Morgan fingerprint density at radius 1 is 0.230 bits per heavy atom. The fourth-order valence-corrected chi connectivity index (χ4v) is 11.8. The van der Waals surface area contributed by atoms with E-state index < -0.39 is 0 Å². The molecule has 2 aliphatic rings. The molecule has 7 nitrogen and oxygen atoms in total. The van der Waals surface area contributed by atoms with Crippen LogP contribution in [0.15, 0.2) is 261 Å². The lowest BCUT2D eigenvalue weighted by Gasteiger charge is -2.40. The highest BCUT2D eigenvalue weighted by Crippen LogP contribution is 2.56. The first-order valence-electron chi connectivity index (χ1n) is 25.0. The maximum Gasteiger partial charge on any atom is 0.0992 e. The number of anilines is 12. The van der Waals surface area contributed by atoms with E-state index in [0.29, 0.717) is 5.56 Å². The maximum absolute atomic E-state index is 10.6. The van der Waals surface area contributed by atoms with Crippen LogP contribution in [0.25, 0.3) is 55.0 Å². The molecule has 4 heterocycles. The molecule has 2 aromatic heterocycles. The summed E-state index contributed by atoms with van der Waals surface area (Å²) in [6, 6.07) is 95.6. The Bertz CT molecular complexity index is 4340. The van der Waals surface area contributed by atoms with Gasteiger partial charge in [0.05, 0.1) is 90.6 Å². The molecule has 0 fully saturated rings. The zero-order chi connectivity index (χ0) is 48.9. The monoisotopic (exact) mass is 945 g/mol. The number of nitrogens with zero attached hydrogens (tertiary/aromatic N) is 7. The lowest BCUT2D eigenvalue weighted by Crippen LogP contribution is -2.23. The first-order chi connectivity index (χ1) is 36.7. The summed E-state index contributed by atoms with van der Waals surface area (Å²) in [7, 11) is 0. The summed E-state index contributed by atoms with van der Waals surface area (Å²) in [5.74, 6) is 0. The Labute approximate surface area is 427 Å². The van der Waals surface area contributed by atoms with Crippen LogP contribution in [0.1, 0.15) is 5.56 Å². The Balaban J connectivity index is 0.912. The van der Waals surface area contributed by atoms with Crippen molar-refractivity contribution < 1.29 is 0 Å². The first kappa shape index (κ1) is 41.5. The highest BCUT2D eigenvalue weighted by molar-refractivity contribution is 6.14. The van der Waals surface area contributed by atoms with Crippen LogP contribution in [0.3, 0.4) is 0 Å². The molecule has 0 saturated carbocycles. The fourth-order valence-electron chi connectivity index (χ4n) is 11.8. The molecule has 13 aromatic rings. The molecular weight excluding hydrogens is 903 g/mol. The molecule has 2 aliphatic heterocycles. The number of nitriles is 1. The minimum absolute atomic E-state index is 0.589. The van der Waals surface area contributed by atoms with Gasteiger partial charge in [-0.3, -0.25) is 0 Å². The van der Waals surface area contributed by atoms with E-state index in [1.807, 2.05) is 6.07 Å². The Morgan fingerprint density at radius 2 is 0.554 bits per heavy atom. The molecule has 0 atom stereocenters. The quantitative estimate of drug-likeness (QED) is 0.166. The summed E-state index contributed by atoms with van der Waals surface area (Å²) in [5, 5.41) is 15.1. The van der Waals surface area contributed by atoms with E-state index in [4.69, 9.17) is 0 Å². The lowest BCUT2D eigenvalue weighted by atomic mass is 10.0. The molecule has 11 aromatic carbocycles. The first-order valence-corrected chi connectivity index (χ1v) is 25.0. The predicted molar refractivity (Wildman–Crippen MR) is 306 cm³/mol. The highest BCUT2D eigenvalue weighted by Gasteiger charge is 2.33. The third kappa shape index (κ3) is 6.12. The van der Waals surface area contributed by atoms with Crippen LogP contribution >= 0.6 is 0 Å². The van der Waals surface area contributed by atoms with Crippen LogP contribution in [0.2, 0.25) is 0 Å². The second-order valence-electron chi connectivity index (χ2n) is 18.9. The van der Waals surface area contributed by atoms with Gasteiger partial charge in [0.25, 0.3) is 0 Å². The fraction of sp³-hybridized carbons (Fsp3) is 0. The van der Waals surface area contributed by atoms with Crippen LogP contribution in [-0.2, 0) is 0 Å². The van der Waals surface area contributed by atoms with E-state index >= 15 is 0 Å². The number of fused-ring (bicyclic) bond motifs is 10. The molecule has 0 aliphatic carbocycles. The average Bonchev–Trinajstić information content (AvgIpc) is 3.99. The second-order valence-corrected chi connectivity index (χ2v) is 18.9. The standard InChI is InChI=1S/C67H43N7/c68-44-45-35-38-66(73-54-25-9-7-23-50(54)52-42-48(36-39-56(52)73)71-62-31-15-11-27-58(62)69(46-19-3-1-4-20-46)59-28-12-16-32-63(59)71)67(41-45)74-55-26-10-8-24-51(55)53-43-49(37-40-57(53)74)72-64-33-17-13-29-60(64)70(47-21-5-2-6-22-47)61-30-14-18-34-65(61)72/h1-43H. The summed E-state index contributed by atoms with van der Waals surface area (Å²) in [5.41, 5.74) is 19.9. The smallest absolute Gasteiger partial charge is 0.0992 e. The number of rotatable bonds is 6. The molecule has 0 unspecified atom stereocenters. The van der Waals surface area contributed by atoms with Crippen LogP contribution in [0, 0.1) is 11.3 Å². The van der Waals surface area contributed by atoms with Crippen LogP contribution < -0.4 is 19.6 Å². The van der Waals surface area contributed by atoms with Gasteiger partial charge in [-0.25, -0.2) is 0 Å². The average molecular weight is 946 g/mol. The summed E-state index contributed by atoms with van der Waals surface area (Å²) >= 11 is 0. The predicted octanol–water partition coefficient (Wildman–Crippen LogP) is 18.3. The number of benzene rings is 11. The van der Waals surface area contributed by atoms with Gasteiger partial charge in [-0.15, -0.1) is 0 Å². The third-order valence-electron chi connectivity index (χ3n) is 14.9. The van der Waals surface area contributed by atoms with Crippen molar-refractivity contribution in [3.63, 3.8) is 0 Å². The van der Waals surface area contributed by atoms with Crippen molar-refractivity contribution in [2.45, 2.75) is 0 Å². The Kier molecular flexibility index (Phi) is 9.19. The largest absolute Gasteiger partial charge is 0.307 e. The van der Waals surface area contributed by atoms with Crippen molar-refractivity contribution in [1.29, 1.82) is 5.26 Å². The van der Waals surface area contributed by atoms with Crippen molar-refractivity contribution >= 4 is 112 Å². The second kappa shape index (κ2) is 16.4. The molecule has 0 saturated heterocycles. The molecular formula is C67H43N7. The van der Waals surface area contributed by atoms with Gasteiger partial charge in [0, 0.05) is 44.3 Å². The molecule has 0 N–H and O–H groups in total. The zero-order valence-electron chi connectivity index (χ0n) is 40.0. The molecule has 15 rings (SSSR count). The van der Waals surface area contributed by atoms with Gasteiger partial charge < -0.3 is 28.7 Å². The number of para-hydroxylation sites is 12. The van der Waals surface area contributed by atoms with E-state index in [0.717, 1.165) is 123 Å². The van der Waals surface area contributed by atoms with Gasteiger partial charge >= 0.3 is 0 Å². The van der Waals surface area contributed by atoms with Crippen LogP contribution in [0.5, 0.6) is 0 Å². The Morgan fingerprint density at radius 3 is 0.946 bits per heavy atom. The zero-order valence-corrected chi connectivity index (χ0v) is 40.0. The van der Waals surface area contributed by atoms with Gasteiger partial charge in [0.2, 0.25) is 0 Å². The van der Waals surface area contributed by atoms with E-state index in [9.17, 15) is 5.26 Å². The summed E-state index contributed by atoms with van der Waals surface area (Å²) in [4.78, 5) is 9.51. The summed E-state index contributed by atoms with van der Waals surface area (Å²) in [6.45, 7) is 0. The molecule has 0 radical (unpaired) electrons. The normalized spacial score (nSPS) is 12.7. The van der Waals surface area contributed by atoms with Crippen molar-refractivity contribution in [2.75, 3.05) is 19.6 Å². The molecule has 346 valence electrons. The van der Waals surface area contributed by atoms with Gasteiger partial charge in [-0.1, -0.05) is 121 Å². The van der Waals surface area contributed by atoms with Gasteiger partial charge in [0.1, 0.15) is 0 Å². The minimum Gasteiger partial charge on any atom is -0.307 e. The van der Waals surface area contributed by atoms with Crippen molar-refractivity contribution in [2.24, 2.45) is 0 Å². The van der Waals surface area contributed by atoms with Crippen molar-refractivity contribution in [3.8, 4) is 17.4 Å². The molecule has 74 heavy (non-hydrogen) atoms. The molecule has 0 bridgehead atoms. The van der Waals surface area contributed by atoms with Crippen LogP contribution in [0.4, 0.5) is 68.2 Å². The molecule has 7 heteroatoms.